The summed E-state index contributed by atoms with van der Waals surface area (Å²) in [6.07, 6.45) is 0.490. The molecule has 0 bridgehead atoms. The first-order chi connectivity index (χ1) is 8.44. The fraction of sp³-hybridized carbons (Fsp3) is 0.417. The highest BCUT2D eigenvalue weighted by molar-refractivity contribution is 7.91. The van der Waals surface area contributed by atoms with Gasteiger partial charge in [-0.3, -0.25) is 0 Å². The van der Waals surface area contributed by atoms with Crippen LogP contribution in [0.15, 0.2) is 24.3 Å². The van der Waals surface area contributed by atoms with Crippen molar-refractivity contribution in [2.75, 3.05) is 16.8 Å². The molecule has 1 aliphatic heterocycles. The van der Waals surface area contributed by atoms with Crippen LogP contribution in [0.5, 0.6) is 0 Å². The molecule has 0 radical (unpaired) electrons. The van der Waals surface area contributed by atoms with E-state index in [1.54, 1.807) is 6.07 Å². The van der Waals surface area contributed by atoms with Gasteiger partial charge in [0.05, 0.1) is 11.5 Å². The van der Waals surface area contributed by atoms with Gasteiger partial charge in [-0.25, -0.2) is 13.2 Å². The van der Waals surface area contributed by atoms with E-state index in [1.165, 1.54) is 0 Å². The number of aryl methyl sites for hydroxylation is 1. The summed E-state index contributed by atoms with van der Waals surface area (Å²) in [5, 5.41) is 5.37. The Morgan fingerprint density at radius 3 is 2.78 bits per heavy atom. The number of anilines is 1. The molecule has 2 N–H and O–H groups in total. The minimum Gasteiger partial charge on any atom is -0.334 e. The summed E-state index contributed by atoms with van der Waals surface area (Å²) in [5.41, 5.74) is 1.75. The van der Waals surface area contributed by atoms with E-state index in [-0.39, 0.29) is 23.6 Å². The van der Waals surface area contributed by atoms with Gasteiger partial charge in [0.15, 0.2) is 9.84 Å². The van der Waals surface area contributed by atoms with E-state index in [4.69, 9.17) is 0 Å². The summed E-state index contributed by atoms with van der Waals surface area (Å²) in [7, 11) is -2.96. The third kappa shape index (κ3) is 3.46. The van der Waals surface area contributed by atoms with E-state index in [0.717, 1.165) is 5.56 Å². The highest BCUT2D eigenvalue weighted by Gasteiger charge is 2.28. The van der Waals surface area contributed by atoms with Crippen LogP contribution in [0.2, 0.25) is 0 Å². The Hall–Kier alpha value is -1.56. The molecule has 1 aromatic carbocycles. The SMILES string of the molecule is Cc1cccc(NC(=O)NC2CCS(=O)(=O)C2)c1. The fourth-order valence-electron chi connectivity index (χ4n) is 1.98. The van der Waals surface area contributed by atoms with Crippen molar-refractivity contribution in [3.63, 3.8) is 0 Å². The third-order valence-corrected chi connectivity index (χ3v) is 4.61. The zero-order chi connectivity index (χ0) is 13.2. The van der Waals surface area contributed by atoms with Gasteiger partial charge in [0.1, 0.15) is 0 Å². The van der Waals surface area contributed by atoms with Crippen LogP contribution in [0.4, 0.5) is 10.5 Å². The molecule has 0 aliphatic carbocycles. The standard InChI is InChI=1S/C12H16N2O3S/c1-9-3-2-4-10(7-9)13-12(15)14-11-5-6-18(16,17)8-11/h2-4,7,11H,5-6,8H2,1H3,(H2,13,14,15). The van der Waals surface area contributed by atoms with Crippen molar-refractivity contribution < 1.29 is 13.2 Å². The Morgan fingerprint density at radius 2 is 2.17 bits per heavy atom. The Balaban J connectivity index is 1.90. The number of carbonyl (C=O) groups is 1. The molecule has 5 nitrogen and oxygen atoms in total. The van der Waals surface area contributed by atoms with E-state index in [2.05, 4.69) is 10.6 Å². The molecule has 2 amide bonds. The average Bonchev–Trinajstić information content (AvgIpc) is 2.57. The van der Waals surface area contributed by atoms with Crippen LogP contribution in [0.3, 0.4) is 0 Å². The van der Waals surface area contributed by atoms with Crippen LogP contribution >= 0.6 is 0 Å². The molecule has 98 valence electrons. The molecular weight excluding hydrogens is 252 g/mol. The van der Waals surface area contributed by atoms with Gasteiger partial charge in [-0.15, -0.1) is 0 Å². The monoisotopic (exact) mass is 268 g/mol. The van der Waals surface area contributed by atoms with Crippen LogP contribution in [-0.4, -0.2) is 32.0 Å². The minimum absolute atomic E-state index is 0.0359. The second kappa shape index (κ2) is 4.97. The molecule has 0 saturated carbocycles. The average molecular weight is 268 g/mol. The molecular formula is C12H16N2O3S. The van der Waals surface area contributed by atoms with Crippen molar-refractivity contribution in [3.8, 4) is 0 Å². The first-order valence-electron chi connectivity index (χ1n) is 5.79. The number of sulfone groups is 1. The lowest BCUT2D eigenvalue weighted by Gasteiger charge is -2.12. The van der Waals surface area contributed by atoms with Crippen molar-refractivity contribution in [1.82, 2.24) is 5.32 Å². The molecule has 18 heavy (non-hydrogen) atoms. The quantitative estimate of drug-likeness (QED) is 0.849. The number of amides is 2. The predicted molar refractivity (Wildman–Crippen MR) is 70.4 cm³/mol. The van der Waals surface area contributed by atoms with E-state index in [9.17, 15) is 13.2 Å². The van der Waals surface area contributed by atoms with Crippen molar-refractivity contribution in [3.05, 3.63) is 29.8 Å². The number of carbonyl (C=O) groups excluding carboxylic acids is 1. The van der Waals surface area contributed by atoms with Gasteiger partial charge in [-0.2, -0.15) is 0 Å². The largest absolute Gasteiger partial charge is 0.334 e. The summed E-state index contributed by atoms with van der Waals surface area (Å²) in [5.74, 6) is 0.191. The lowest BCUT2D eigenvalue weighted by molar-refractivity contribution is 0.249. The molecule has 1 aromatic rings. The Labute approximate surface area is 107 Å². The second-order valence-electron chi connectivity index (χ2n) is 4.57. The van der Waals surface area contributed by atoms with Gasteiger partial charge in [-0.1, -0.05) is 12.1 Å². The summed E-state index contributed by atoms with van der Waals surface area (Å²) in [4.78, 5) is 11.7. The minimum atomic E-state index is -2.96. The summed E-state index contributed by atoms with van der Waals surface area (Å²) in [6, 6.07) is 6.79. The van der Waals surface area contributed by atoms with Crippen LogP contribution in [-0.2, 0) is 9.84 Å². The lowest BCUT2D eigenvalue weighted by atomic mass is 10.2. The van der Waals surface area contributed by atoms with Gasteiger partial charge in [0.2, 0.25) is 0 Å². The first kappa shape index (κ1) is 12.9. The second-order valence-corrected chi connectivity index (χ2v) is 6.80. The molecule has 1 aliphatic rings. The molecule has 1 fully saturated rings. The van der Waals surface area contributed by atoms with Gasteiger partial charge in [-0.05, 0) is 31.0 Å². The number of hydrogen-bond donors (Lipinski definition) is 2. The van der Waals surface area contributed by atoms with E-state index in [1.807, 2.05) is 25.1 Å². The zero-order valence-corrected chi connectivity index (χ0v) is 11.0. The third-order valence-electron chi connectivity index (χ3n) is 2.84. The number of urea groups is 1. The maximum atomic E-state index is 11.7. The van der Waals surface area contributed by atoms with Crippen molar-refractivity contribution >= 4 is 21.6 Å². The van der Waals surface area contributed by atoms with Crippen LogP contribution in [0.25, 0.3) is 0 Å². The first-order valence-corrected chi connectivity index (χ1v) is 7.61. The maximum absolute atomic E-state index is 11.7. The van der Waals surface area contributed by atoms with Crippen molar-refractivity contribution in [1.29, 1.82) is 0 Å². The molecule has 1 heterocycles. The molecule has 0 aromatic heterocycles. The Kier molecular flexibility index (Phi) is 3.56. The summed E-state index contributed by atoms with van der Waals surface area (Å²) >= 11 is 0. The zero-order valence-electron chi connectivity index (χ0n) is 10.1. The van der Waals surface area contributed by atoms with Gasteiger partial charge >= 0.3 is 6.03 Å². The number of benzene rings is 1. The lowest BCUT2D eigenvalue weighted by Crippen LogP contribution is -2.38. The maximum Gasteiger partial charge on any atom is 0.319 e. The van der Waals surface area contributed by atoms with E-state index in [0.29, 0.717) is 12.1 Å². The van der Waals surface area contributed by atoms with Crippen LogP contribution in [0.1, 0.15) is 12.0 Å². The van der Waals surface area contributed by atoms with Gasteiger partial charge in [0, 0.05) is 11.7 Å². The van der Waals surface area contributed by atoms with Gasteiger partial charge < -0.3 is 10.6 Å². The van der Waals surface area contributed by atoms with Crippen molar-refractivity contribution in [2.24, 2.45) is 0 Å². The molecule has 1 unspecified atom stereocenters. The number of rotatable bonds is 2. The van der Waals surface area contributed by atoms with Gasteiger partial charge in [0.25, 0.3) is 0 Å². The van der Waals surface area contributed by atoms with Crippen molar-refractivity contribution in [2.45, 2.75) is 19.4 Å². The van der Waals surface area contributed by atoms with E-state index < -0.39 is 9.84 Å². The Morgan fingerprint density at radius 1 is 1.39 bits per heavy atom. The molecule has 6 heteroatoms. The van der Waals surface area contributed by atoms with Crippen LogP contribution < -0.4 is 10.6 Å². The molecule has 0 spiro atoms. The fourth-order valence-corrected chi connectivity index (χ4v) is 3.66. The predicted octanol–water partition coefficient (Wildman–Crippen LogP) is 1.30. The number of hydrogen-bond acceptors (Lipinski definition) is 3. The van der Waals surface area contributed by atoms with E-state index >= 15 is 0 Å². The smallest absolute Gasteiger partial charge is 0.319 e. The topological polar surface area (TPSA) is 75.3 Å². The number of nitrogens with one attached hydrogen (secondary N) is 2. The van der Waals surface area contributed by atoms with Crippen LogP contribution in [0, 0.1) is 6.92 Å². The highest BCUT2D eigenvalue weighted by Crippen LogP contribution is 2.12. The highest BCUT2D eigenvalue weighted by atomic mass is 32.2. The molecule has 1 saturated heterocycles. The Bertz CT molecular complexity index is 554. The summed E-state index contributed by atoms with van der Waals surface area (Å²) in [6.45, 7) is 1.94. The molecule has 1 atom stereocenters. The summed E-state index contributed by atoms with van der Waals surface area (Å²) < 4.78 is 22.5. The normalized spacial score (nSPS) is 21.5. The molecule has 2 rings (SSSR count).